The summed E-state index contributed by atoms with van der Waals surface area (Å²) in [4.78, 5) is 10.1. The van der Waals surface area contributed by atoms with Gasteiger partial charge >= 0.3 is 0 Å². The van der Waals surface area contributed by atoms with Crippen molar-refractivity contribution in [2.45, 2.75) is 12.5 Å². The van der Waals surface area contributed by atoms with Crippen molar-refractivity contribution in [3.8, 4) is 0 Å². The third-order valence-electron chi connectivity index (χ3n) is 2.91. The van der Waals surface area contributed by atoms with Gasteiger partial charge < -0.3 is 5.11 Å². The first-order valence-electron chi connectivity index (χ1n) is 5.84. The third-order valence-corrected chi connectivity index (χ3v) is 3.57. The predicted molar refractivity (Wildman–Crippen MR) is 78.2 cm³/mol. The second-order valence-corrected chi connectivity index (χ2v) is 5.09. The van der Waals surface area contributed by atoms with E-state index in [4.69, 9.17) is 23.2 Å². The Morgan fingerprint density at radius 2 is 1.65 bits per heavy atom. The summed E-state index contributed by atoms with van der Waals surface area (Å²) >= 11 is 12.0. The molecule has 0 fully saturated rings. The van der Waals surface area contributed by atoms with E-state index in [-0.39, 0.29) is 12.1 Å². The van der Waals surface area contributed by atoms with Crippen LogP contribution < -0.4 is 0 Å². The summed E-state index contributed by atoms with van der Waals surface area (Å²) in [5, 5.41) is 21.6. The highest BCUT2D eigenvalue weighted by Gasteiger charge is 2.16. The van der Waals surface area contributed by atoms with E-state index in [1.165, 1.54) is 12.1 Å². The number of benzene rings is 2. The lowest BCUT2D eigenvalue weighted by atomic mass is 10.0. The van der Waals surface area contributed by atoms with Crippen LogP contribution >= 0.6 is 23.2 Å². The molecule has 1 N–H and O–H groups in total. The molecule has 0 aliphatic rings. The van der Waals surface area contributed by atoms with E-state index < -0.39 is 11.0 Å². The van der Waals surface area contributed by atoms with Crippen LogP contribution in [-0.2, 0) is 6.42 Å². The molecule has 0 aromatic heterocycles. The molecule has 0 heterocycles. The number of halogens is 2. The first-order valence-corrected chi connectivity index (χ1v) is 6.60. The zero-order valence-corrected chi connectivity index (χ0v) is 11.8. The molecule has 6 heteroatoms. The van der Waals surface area contributed by atoms with Crippen molar-refractivity contribution in [1.29, 1.82) is 0 Å². The number of nitrogens with zero attached hydrogens (tertiary/aromatic N) is 1. The summed E-state index contributed by atoms with van der Waals surface area (Å²) < 4.78 is 0. The molecular weight excluding hydrogens is 301 g/mol. The minimum atomic E-state index is -0.863. The Morgan fingerprint density at radius 1 is 1.10 bits per heavy atom. The predicted octanol–water partition coefficient (Wildman–Crippen LogP) is 4.18. The summed E-state index contributed by atoms with van der Waals surface area (Å²) in [6.07, 6.45) is -0.584. The third kappa shape index (κ3) is 3.28. The Morgan fingerprint density at radius 3 is 2.15 bits per heavy atom. The Bertz CT molecular complexity index is 609. The molecule has 2 rings (SSSR count). The largest absolute Gasteiger partial charge is 0.388 e. The molecular formula is C14H11Cl2NO3. The molecule has 2 aromatic rings. The highest BCUT2D eigenvalue weighted by Crippen LogP contribution is 2.32. The molecule has 20 heavy (non-hydrogen) atoms. The Balaban J connectivity index is 2.19. The molecule has 0 spiro atoms. The maximum atomic E-state index is 10.6. The lowest BCUT2D eigenvalue weighted by molar-refractivity contribution is -0.384. The number of non-ortho nitro benzene ring substituents is 1. The molecule has 104 valence electrons. The average Bonchev–Trinajstić information content (AvgIpc) is 2.39. The zero-order valence-electron chi connectivity index (χ0n) is 10.3. The number of hydrogen-bond acceptors (Lipinski definition) is 3. The summed E-state index contributed by atoms with van der Waals surface area (Å²) in [5.41, 5.74) is 1.24. The first kappa shape index (κ1) is 14.8. The van der Waals surface area contributed by atoms with Crippen molar-refractivity contribution in [1.82, 2.24) is 0 Å². The van der Waals surface area contributed by atoms with Crippen molar-refractivity contribution in [2.75, 3.05) is 0 Å². The van der Waals surface area contributed by atoms with Crippen molar-refractivity contribution < 1.29 is 10.0 Å². The van der Waals surface area contributed by atoms with E-state index in [0.717, 1.165) is 5.56 Å². The van der Waals surface area contributed by atoms with Gasteiger partial charge in [-0.3, -0.25) is 10.1 Å². The number of aliphatic hydroxyl groups is 1. The summed E-state index contributed by atoms with van der Waals surface area (Å²) in [6, 6.07) is 11.0. The van der Waals surface area contributed by atoms with Crippen molar-refractivity contribution in [3.63, 3.8) is 0 Å². The zero-order chi connectivity index (χ0) is 14.7. The average molecular weight is 312 g/mol. The lowest BCUT2D eigenvalue weighted by Gasteiger charge is -2.14. The van der Waals surface area contributed by atoms with Gasteiger partial charge in [-0.25, -0.2) is 0 Å². The van der Waals surface area contributed by atoms with Gasteiger partial charge in [-0.05, 0) is 17.7 Å². The van der Waals surface area contributed by atoms with Crippen LogP contribution in [0.15, 0.2) is 42.5 Å². The summed E-state index contributed by atoms with van der Waals surface area (Å²) in [6.45, 7) is 0. The van der Waals surface area contributed by atoms with E-state index in [1.807, 2.05) is 0 Å². The van der Waals surface area contributed by atoms with Crippen molar-refractivity contribution >= 4 is 28.9 Å². The monoisotopic (exact) mass is 311 g/mol. The molecule has 0 bridgehead atoms. The number of nitro groups is 1. The Hall–Kier alpha value is -1.62. The molecule has 1 unspecified atom stereocenters. The molecule has 0 amide bonds. The summed E-state index contributed by atoms with van der Waals surface area (Å²) in [5.74, 6) is 0. The second-order valence-electron chi connectivity index (χ2n) is 4.28. The normalized spacial score (nSPS) is 12.2. The van der Waals surface area contributed by atoms with Crippen LogP contribution in [0.1, 0.15) is 17.2 Å². The molecule has 4 nitrogen and oxygen atoms in total. The number of rotatable bonds is 4. The standard InChI is InChI=1S/C14H11Cl2NO3/c15-11-2-1-3-12(16)14(11)13(18)8-9-4-6-10(7-5-9)17(19)20/h1-7,13,18H,8H2. The van der Waals surface area contributed by atoms with Gasteiger partial charge in [0.1, 0.15) is 0 Å². The van der Waals surface area contributed by atoms with Gasteiger partial charge in [0.25, 0.3) is 5.69 Å². The highest BCUT2D eigenvalue weighted by atomic mass is 35.5. The SMILES string of the molecule is O=[N+]([O-])c1ccc(CC(O)c2c(Cl)cccc2Cl)cc1. The van der Waals surface area contributed by atoms with Crippen LogP contribution in [-0.4, -0.2) is 10.0 Å². The van der Waals surface area contributed by atoms with Crippen molar-refractivity contribution in [2.24, 2.45) is 0 Å². The van der Waals surface area contributed by atoms with Crippen molar-refractivity contribution in [3.05, 3.63) is 73.8 Å². The minimum absolute atomic E-state index is 0.0130. The topological polar surface area (TPSA) is 63.4 Å². The highest BCUT2D eigenvalue weighted by molar-refractivity contribution is 6.36. The maximum absolute atomic E-state index is 10.6. The molecule has 1 atom stereocenters. The van der Waals surface area contributed by atoms with E-state index in [2.05, 4.69) is 0 Å². The van der Waals surface area contributed by atoms with Crippen LogP contribution in [0, 0.1) is 10.1 Å². The van der Waals surface area contributed by atoms with E-state index >= 15 is 0 Å². The summed E-state index contributed by atoms with van der Waals surface area (Å²) in [7, 11) is 0. The van der Waals surface area contributed by atoms with Gasteiger partial charge in [-0.2, -0.15) is 0 Å². The molecule has 0 saturated carbocycles. The van der Waals surface area contributed by atoms with E-state index in [0.29, 0.717) is 15.6 Å². The van der Waals surface area contributed by atoms with Crippen LogP contribution in [0.2, 0.25) is 10.0 Å². The Kier molecular flexibility index (Phi) is 4.60. The first-order chi connectivity index (χ1) is 9.49. The fourth-order valence-corrected chi connectivity index (χ4v) is 2.56. The second kappa shape index (κ2) is 6.22. The van der Waals surface area contributed by atoms with Gasteiger partial charge in [0.15, 0.2) is 0 Å². The van der Waals surface area contributed by atoms with E-state index in [1.54, 1.807) is 30.3 Å². The maximum Gasteiger partial charge on any atom is 0.269 e. The molecule has 0 aliphatic carbocycles. The number of hydrogen-bond donors (Lipinski definition) is 1. The van der Waals surface area contributed by atoms with Crippen LogP contribution in [0.3, 0.4) is 0 Å². The van der Waals surface area contributed by atoms with E-state index in [9.17, 15) is 15.2 Å². The lowest BCUT2D eigenvalue weighted by Crippen LogP contribution is -2.03. The van der Waals surface area contributed by atoms with Gasteiger partial charge in [-0.15, -0.1) is 0 Å². The smallest absolute Gasteiger partial charge is 0.269 e. The Labute approximate surface area is 125 Å². The molecule has 2 aromatic carbocycles. The van der Waals surface area contributed by atoms with Gasteiger partial charge in [0.2, 0.25) is 0 Å². The van der Waals surface area contributed by atoms with Gasteiger partial charge in [-0.1, -0.05) is 41.4 Å². The fraction of sp³-hybridized carbons (Fsp3) is 0.143. The minimum Gasteiger partial charge on any atom is -0.388 e. The quantitative estimate of drug-likeness (QED) is 0.680. The number of aliphatic hydroxyl groups excluding tert-OH is 1. The molecule has 0 radical (unpaired) electrons. The van der Waals surface area contributed by atoms with Gasteiger partial charge in [0.05, 0.1) is 11.0 Å². The van der Waals surface area contributed by atoms with Gasteiger partial charge in [0, 0.05) is 34.2 Å². The molecule has 0 aliphatic heterocycles. The van der Waals surface area contributed by atoms with Crippen LogP contribution in [0.25, 0.3) is 0 Å². The van der Waals surface area contributed by atoms with Crippen LogP contribution in [0.4, 0.5) is 5.69 Å². The fourth-order valence-electron chi connectivity index (χ4n) is 1.91. The molecule has 0 saturated heterocycles. The van der Waals surface area contributed by atoms with Crippen LogP contribution in [0.5, 0.6) is 0 Å². The number of nitro benzene ring substituents is 1.